The molecule has 0 bridgehead atoms. The molecule has 0 saturated heterocycles. The lowest BCUT2D eigenvalue weighted by Gasteiger charge is -2.40. The Labute approximate surface area is 264 Å². The molecule has 2 aliphatic rings. The van der Waals surface area contributed by atoms with Gasteiger partial charge in [0.1, 0.15) is 5.82 Å². The third-order valence-corrected chi connectivity index (χ3v) is 10.3. The number of amides is 1. The van der Waals surface area contributed by atoms with Crippen LogP contribution in [0.1, 0.15) is 48.2 Å². The number of fused-ring (bicyclic) bond motifs is 4. The first kappa shape index (κ1) is 28.9. The van der Waals surface area contributed by atoms with E-state index in [9.17, 15) is 13.2 Å². The Hall–Kier alpha value is -4.80. The van der Waals surface area contributed by atoms with Gasteiger partial charge in [-0.3, -0.25) is 4.79 Å². The van der Waals surface area contributed by atoms with Crippen LogP contribution in [0.15, 0.2) is 106 Å². The zero-order valence-electron chi connectivity index (χ0n) is 24.5. The van der Waals surface area contributed by atoms with Crippen LogP contribution in [0, 0.1) is 12.7 Å². The van der Waals surface area contributed by atoms with Gasteiger partial charge in [0.05, 0.1) is 38.6 Å². The second-order valence-electron chi connectivity index (χ2n) is 11.3. The number of hydrogen-bond donors (Lipinski definition) is 1. The van der Waals surface area contributed by atoms with E-state index in [1.54, 1.807) is 59.0 Å². The lowest BCUT2D eigenvalue weighted by molar-refractivity contribution is -0.110. The van der Waals surface area contributed by atoms with Gasteiger partial charge in [0.25, 0.3) is 5.91 Å². The smallest absolute Gasteiger partial charge is 0.291 e. The van der Waals surface area contributed by atoms with Gasteiger partial charge in [0, 0.05) is 16.1 Å². The number of halogens is 2. The molecule has 0 fully saturated rings. The number of aryl methyl sites for hydroxylation is 1. The third kappa shape index (κ3) is 4.63. The number of rotatable bonds is 5. The molecule has 0 radical (unpaired) electrons. The Bertz CT molecular complexity index is 2120. The van der Waals surface area contributed by atoms with Crippen LogP contribution >= 0.6 is 11.6 Å². The zero-order valence-corrected chi connectivity index (χ0v) is 26.1. The van der Waals surface area contributed by atoms with Gasteiger partial charge in [0.15, 0.2) is 5.82 Å². The molecule has 8 nitrogen and oxygen atoms in total. The van der Waals surface area contributed by atoms with E-state index in [1.165, 1.54) is 24.3 Å². The Morgan fingerprint density at radius 1 is 0.889 bits per heavy atom. The number of carbonyl (C=O) groups is 1. The van der Waals surface area contributed by atoms with Crippen LogP contribution in [0.25, 0.3) is 5.69 Å². The van der Waals surface area contributed by atoms with E-state index in [0.717, 1.165) is 5.56 Å². The lowest BCUT2D eigenvalue weighted by atomic mass is 9.92. The van der Waals surface area contributed by atoms with Crippen LogP contribution in [0.2, 0.25) is 5.02 Å². The van der Waals surface area contributed by atoms with Crippen molar-refractivity contribution in [2.45, 2.75) is 42.5 Å². The molecule has 1 amide bonds. The van der Waals surface area contributed by atoms with E-state index in [4.69, 9.17) is 21.7 Å². The molecular weight excluding hydrogens is 613 g/mol. The lowest BCUT2D eigenvalue weighted by Crippen LogP contribution is -2.48. The van der Waals surface area contributed by atoms with Crippen LogP contribution in [0.5, 0.6) is 0 Å². The summed E-state index contributed by atoms with van der Waals surface area (Å²) < 4.78 is 44.0. The van der Waals surface area contributed by atoms with Gasteiger partial charge < -0.3 is 10.2 Å². The molecule has 5 aromatic rings. The van der Waals surface area contributed by atoms with Gasteiger partial charge in [-0.05, 0) is 79.1 Å². The van der Waals surface area contributed by atoms with Crippen molar-refractivity contribution in [3.8, 4) is 5.69 Å². The topological polar surface area (TPSA) is 96.7 Å². The van der Waals surface area contributed by atoms with Crippen molar-refractivity contribution in [2.24, 2.45) is 4.99 Å². The maximum atomic E-state index is 15.6. The summed E-state index contributed by atoms with van der Waals surface area (Å²) in [6.45, 7) is 5.88. The standard InChI is InChI=1S/C34H27ClFN5O3S/c1-19(2)21-11-15-23(16-12-21)45(43,44)24-17-13-22(14-18-24)41-32-29(20(3)39-41)31(30-25(35)7-6-8-26(30)36)40-28-10-5-4-9-27(28)37-34(42)33(40)38-32/h4-19,31H,1-3H3,(H,37,42)/t31-/m1/s1. The van der Waals surface area contributed by atoms with Crippen molar-refractivity contribution in [1.29, 1.82) is 0 Å². The number of amidine groups is 1. The van der Waals surface area contributed by atoms with Gasteiger partial charge in [-0.2, -0.15) is 5.10 Å². The molecule has 3 heterocycles. The Morgan fingerprint density at radius 2 is 1.56 bits per heavy atom. The van der Waals surface area contributed by atoms with Crippen molar-refractivity contribution in [3.05, 3.63) is 124 Å². The number of aliphatic imine (C=N–C) groups is 1. The monoisotopic (exact) mass is 639 g/mol. The predicted molar refractivity (Wildman–Crippen MR) is 172 cm³/mol. The first-order valence-corrected chi connectivity index (χ1v) is 16.2. The Morgan fingerprint density at radius 3 is 2.22 bits per heavy atom. The molecule has 0 unspecified atom stereocenters. The summed E-state index contributed by atoms with van der Waals surface area (Å²) in [5.74, 6) is -0.352. The molecular formula is C34H27ClFN5O3S. The highest BCUT2D eigenvalue weighted by Crippen LogP contribution is 2.49. The maximum absolute atomic E-state index is 15.6. The number of anilines is 2. The molecule has 1 aromatic heterocycles. The molecule has 1 N–H and O–H groups in total. The number of carbonyl (C=O) groups excluding carboxylic acids is 1. The molecule has 0 spiro atoms. The van der Waals surface area contributed by atoms with E-state index in [2.05, 4.69) is 5.32 Å². The van der Waals surface area contributed by atoms with Crippen LogP contribution < -0.4 is 10.2 Å². The van der Waals surface area contributed by atoms with Crippen molar-refractivity contribution in [2.75, 3.05) is 10.2 Å². The average molecular weight is 640 g/mol. The van der Waals surface area contributed by atoms with Gasteiger partial charge in [-0.25, -0.2) is 22.5 Å². The SMILES string of the molecule is Cc1nn(-c2ccc(S(=O)(=O)c3ccc(C(C)C)cc3)cc2)c2c1[C@H](c1c(F)cccc1Cl)N1C(=N2)C(=O)Nc2ccccc21. The highest BCUT2D eigenvalue weighted by Gasteiger charge is 2.44. The molecule has 4 aromatic carbocycles. The fourth-order valence-corrected chi connectivity index (χ4v) is 7.43. The minimum Gasteiger partial charge on any atom is -0.317 e. The molecule has 2 aliphatic heterocycles. The highest BCUT2D eigenvalue weighted by atomic mass is 35.5. The van der Waals surface area contributed by atoms with Gasteiger partial charge in [-0.15, -0.1) is 0 Å². The van der Waals surface area contributed by atoms with Gasteiger partial charge in [-0.1, -0.05) is 55.8 Å². The summed E-state index contributed by atoms with van der Waals surface area (Å²) in [4.78, 5) is 20.2. The van der Waals surface area contributed by atoms with Crippen LogP contribution in [0.3, 0.4) is 0 Å². The normalized spacial score (nSPS) is 15.7. The van der Waals surface area contributed by atoms with Crippen LogP contribution in [-0.4, -0.2) is 29.9 Å². The van der Waals surface area contributed by atoms with Crippen molar-refractivity contribution < 1.29 is 17.6 Å². The molecule has 0 aliphatic carbocycles. The Kier molecular flexibility index (Phi) is 6.87. The van der Waals surface area contributed by atoms with Crippen LogP contribution in [-0.2, 0) is 14.6 Å². The summed E-state index contributed by atoms with van der Waals surface area (Å²) in [6.07, 6.45) is 0. The number of hydrogen-bond acceptors (Lipinski definition) is 6. The zero-order chi connectivity index (χ0) is 31.6. The fraction of sp³-hybridized carbons (Fsp3) is 0.147. The Balaban J connectivity index is 1.37. The van der Waals surface area contributed by atoms with Gasteiger partial charge in [0.2, 0.25) is 15.7 Å². The predicted octanol–water partition coefficient (Wildman–Crippen LogP) is 7.52. The van der Waals surface area contributed by atoms with Crippen LogP contribution in [0.4, 0.5) is 21.6 Å². The number of sulfone groups is 1. The first-order chi connectivity index (χ1) is 21.6. The number of para-hydroxylation sites is 2. The summed E-state index contributed by atoms with van der Waals surface area (Å²) in [6, 6.07) is 24.0. The number of benzene rings is 4. The minimum atomic E-state index is -3.77. The molecule has 11 heteroatoms. The quantitative estimate of drug-likeness (QED) is 0.215. The van der Waals surface area contributed by atoms with Crippen molar-refractivity contribution in [3.63, 3.8) is 0 Å². The molecule has 45 heavy (non-hydrogen) atoms. The second kappa shape index (κ2) is 10.7. The summed E-state index contributed by atoms with van der Waals surface area (Å²) in [5.41, 5.74) is 4.05. The second-order valence-corrected chi connectivity index (χ2v) is 13.6. The maximum Gasteiger partial charge on any atom is 0.291 e. The van der Waals surface area contributed by atoms with E-state index < -0.39 is 27.6 Å². The highest BCUT2D eigenvalue weighted by molar-refractivity contribution is 7.91. The summed E-state index contributed by atoms with van der Waals surface area (Å²) in [5, 5.41) is 7.81. The summed E-state index contributed by atoms with van der Waals surface area (Å²) >= 11 is 6.64. The van der Waals surface area contributed by atoms with Gasteiger partial charge >= 0.3 is 0 Å². The number of nitrogens with zero attached hydrogens (tertiary/aromatic N) is 4. The number of nitrogens with one attached hydrogen (secondary N) is 1. The molecule has 7 rings (SSSR count). The van der Waals surface area contributed by atoms with Crippen molar-refractivity contribution in [1.82, 2.24) is 9.78 Å². The molecule has 226 valence electrons. The summed E-state index contributed by atoms with van der Waals surface area (Å²) in [7, 11) is -3.77. The minimum absolute atomic E-state index is 0.0516. The first-order valence-electron chi connectivity index (χ1n) is 14.3. The average Bonchev–Trinajstić information content (AvgIpc) is 3.36. The van der Waals surface area contributed by atoms with Crippen molar-refractivity contribution >= 4 is 50.4 Å². The van der Waals surface area contributed by atoms with E-state index in [0.29, 0.717) is 34.1 Å². The molecule has 1 atom stereocenters. The largest absolute Gasteiger partial charge is 0.317 e. The molecule has 0 saturated carbocycles. The third-order valence-electron chi connectivity index (χ3n) is 8.19. The van der Waals surface area contributed by atoms with E-state index >= 15 is 4.39 Å². The van der Waals surface area contributed by atoms with E-state index in [-0.39, 0.29) is 32.1 Å². The fourth-order valence-electron chi connectivity index (χ4n) is 5.90. The number of aromatic nitrogens is 2. The van der Waals surface area contributed by atoms with E-state index in [1.807, 2.05) is 38.1 Å².